The van der Waals surface area contributed by atoms with E-state index in [1.165, 1.54) is 0 Å². The van der Waals surface area contributed by atoms with E-state index >= 15 is 0 Å². The van der Waals surface area contributed by atoms with Crippen LogP contribution < -0.4 is 10.6 Å². The van der Waals surface area contributed by atoms with Crippen molar-refractivity contribution in [2.24, 2.45) is 0 Å². The second kappa shape index (κ2) is 6.87. The lowest BCUT2D eigenvalue weighted by atomic mass is 10.1. The predicted octanol–water partition coefficient (Wildman–Crippen LogP) is 2.16. The first-order valence-electron chi connectivity index (χ1n) is 6.12. The lowest BCUT2D eigenvalue weighted by Gasteiger charge is -2.22. The van der Waals surface area contributed by atoms with E-state index < -0.39 is 0 Å². The molecule has 0 atom stereocenters. The number of carbonyl (C=O) groups excluding carboxylic acids is 1. The molecule has 0 radical (unpaired) electrons. The second-order valence-electron chi connectivity index (χ2n) is 4.32. The Labute approximate surface area is 115 Å². The Morgan fingerprint density at radius 1 is 1.33 bits per heavy atom. The monoisotopic (exact) mass is 312 g/mol. The number of anilines is 1. The van der Waals surface area contributed by atoms with E-state index in [4.69, 9.17) is 4.74 Å². The molecule has 1 heterocycles. The van der Waals surface area contributed by atoms with Crippen LogP contribution in [0.25, 0.3) is 0 Å². The molecule has 0 saturated carbocycles. The summed E-state index contributed by atoms with van der Waals surface area (Å²) in [6, 6.07) is 7.49. The fourth-order valence-corrected chi connectivity index (χ4v) is 2.15. The third-order valence-corrected chi connectivity index (χ3v) is 3.39. The van der Waals surface area contributed by atoms with Crippen LogP contribution in [0, 0.1) is 0 Å². The zero-order valence-electron chi connectivity index (χ0n) is 10.1. The molecule has 18 heavy (non-hydrogen) atoms. The Bertz CT molecular complexity index is 388. The van der Waals surface area contributed by atoms with E-state index in [1.54, 1.807) is 0 Å². The number of benzene rings is 1. The highest BCUT2D eigenvalue weighted by atomic mass is 79.9. The summed E-state index contributed by atoms with van der Waals surface area (Å²) in [5.74, 6) is -0.101. The van der Waals surface area contributed by atoms with Crippen molar-refractivity contribution in [1.82, 2.24) is 5.32 Å². The van der Waals surface area contributed by atoms with Gasteiger partial charge in [0.15, 0.2) is 0 Å². The van der Waals surface area contributed by atoms with Crippen LogP contribution in [0.2, 0.25) is 0 Å². The number of amides is 1. The van der Waals surface area contributed by atoms with Crippen LogP contribution in [0.5, 0.6) is 0 Å². The van der Waals surface area contributed by atoms with Crippen LogP contribution in [0.15, 0.2) is 28.7 Å². The van der Waals surface area contributed by atoms with Crippen molar-refractivity contribution in [1.29, 1.82) is 0 Å². The second-order valence-corrected chi connectivity index (χ2v) is 5.23. The molecule has 0 unspecified atom stereocenters. The maximum atomic E-state index is 11.7. The first-order valence-corrected chi connectivity index (χ1v) is 6.91. The fraction of sp³-hybridized carbons (Fsp3) is 0.462. The number of carbonyl (C=O) groups is 1. The number of halogens is 1. The van der Waals surface area contributed by atoms with Crippen molar-refractivity contribution in [3.8, 4) is 0 Å². The first-order chi connectivity index (χ1) is 8.74. The van der Waals surface area contributed by atoms with E-state index in [-0.39, 0.29) is 18.6 Å². The van der Waals surface area contributed by atoms with Gasteiger partial charge in [-0.05, 0) is 50.2 Å². The maximum Gasteiger partial charge on any atom is 0.250 e. The van der Waals surface area contributed by atoms with Crippen LogP contribution in [-0.4, -0.2) is 31.7 Å². The number of nitrogens with one attached hydrogen (secondary N) is 2. The molecule has 1 saturated heterocycles. The van der Waals surface area contributed by atoms with E-state index in [0.29, 0.717) is 0 Å². The summed E-state index contributed by atoms with van der Waals surface area (Å²) < 4.78 is 6.57. The minimum absolute atomic E-state index is 0.101. The van der Waals surface area contributed by atoms with Crippen molar-refractivity contribution in [2.75, 3.05) is 25.0 Å². The molecule has 1 fully saturated rings. The first kappa shape index (κ1) is 13.5. The number of hydrogen-bond donors (Lipinski definition) is 2. The number of hydrogen-bond acceptors (Lipinski definition) is 3. The van der Waals surface area contributed by atoms with Gasteiger partial charge >= 0.3 is 0 Å². The van der Waals surface area contributed by atoms with Crippen molar-refractivity contribution in [2.45, 2.75) is 18.9 Å². The molecular formula is C13H17BrN2O2. The molecule has 1 aliphatic heterocycles. The third-order valence-electron chi connectivity index (χ3n) is 2.86. The number of ether oxygens (including phenoxy) is 1. The quantitative estimate of drug-likeness (QED) is 0.895. The summed E-state index contributed by atoms with van der Waals surface area (Å²) >= 11 is 3.35. The van der Waals surface area contributed by atoms with Crippen LogP contribution in [0.4, 0.5) is 5.69 Å². The standard InChI is InChI=1S/C13H17BrN2O2/c14-10-1-3-11(4-2-10)16-13(17)9-18-12-5-7-15-8-6-12/h1-4,12,15H,5-9H2,(H,16,17). The van der Waals surface area contributed by atoms with Gasteiger partial charge in [0.25, 0.3) is 0 Å². The minimum atomic E-state index is -0.101. The zero-order valence-corrected chi connectivity index (χ0v) is 11.7. The molecule has 4 nitrogen and oxygen atoms in total. The SMILES string of the molecule is O=C(COC1CCNCC1)Nc1ccc(Br)cc1. The molecule has 1 aliphatic rings. The highest BCUT2D eigenvalue weighted by molar-refractivity contribution is 9.10. The number of piperidine rings is 1. The van der Waals surface area contributed by atoms with Gasteiger partial charge in [-0.2, -0.15) is 0 Å². The predicted molar refractivity (Wildman–Crippen MR) is 74.6 cm³/mol. The summed E-state index contributed by atoms with van der Waals surface area (Å²) in [5, 5.41) is 6.07. The largest absolute Gasteiger partial charge is 0.368 e. The Balaban J connectivity index is 1.73. The van der Waals surface area contributed by atoms with E-state index in [9.17, 15) is 4.79 Å². The number of rotatable bonds is 4. The van der Waals surface area contributed by atoms with Crippen molar-refractivity contribution < 1.29 is 9.53 Å². The van der Waals surface area contributed by atoms with Gasteiger partial charge in [0.2, 0.25) is 5.91 Å². The molecule has 0 aromatic heterocycles. The van der Waals surface area contributed by atoms with Gasteiger partial charge in [0, 0.05) is 10.2 Å². The van der Waals surface area contributed by atoms with Crippen LogP contribution in [-0.2, 0) is 9.53 Å². The van der Waals surface area contributed by atoms with E-state index in [2.05, 4.69) is 26.6 Å². The van der Waals surface area contributed by atoms with Gasteiger partial charge in [-0.25, -0.2) is 0 Å². The lowest BCUT2D eigenvalue weighted by molar-refractivity contribution is -0.123. The molecule has 5 heteroatoms. The molecule has 0 bridgehead atoms. The Morgan fingerprint density at radius 2 is 2.00 bits per heavy atom. The summed E-state index contributed by atoms with van der Waals surface area (Å²) in [5.41, 5.74) is 0.789. The van der Waals surface area contributed by atoms with Gasteiger partial charge < -0.3 is 15.4 Å². The molecule has 0 spiro atoms. The average molecular weight is 313 g/mol. The summed E-state index contributed by atoms with van der Waals surface area (Å²) in [4.78, 5) is 11.7. The molecule has 1 aromatic rings. The highest BCUT2D eigenvalue weighted by Crippen LogP contribution is 2.14. The van der Waals surface area contributed by atoms with Gasteiger partial charge in [0.05, 0.1) is 6.10 Å². The molecule has 98 valence electrons. The Morgan fingerprint density at radius 3 is 2.67 bits per heavy atom. The average Bonchev–Trinajstić information content (AvgIpc) is 2.40. The van der Waals surface area contributed by atoms with Crippen LogP contribution in [0.1, 0.15) is 12.8 Å². The van der Waals surface area contributed by atoms with Crippen molar-refractivity contribution in [3.63, 3.8) is 0 Å². The third kappa shape index (κ3) is 4.40. The molecule has 2 N–H and O–H groups in total. The highest BCUT2D eigenvalue weighted by Gasteiger charge is 2.14. The van der Waals surface area contributed by atoms with Gasteiger partial charge in [0.1, 0.15) is 6.61 Å². The summed E-state index contributed by atoms with van der Waals surface area (Å²) in [6.07, 6.45) is 2.17. The van der Waals surface area contributed by atoms with E-state index in [0.717, 1.165) is 36.1 Å². The van der Waals surface area contributed by atoms with Gasteiger partial charge in [-0.3, -0.25) is 4.79 Å². The molecular weight excluding hydrogens is 296 g/mol. The zero-order chi connectivity index (χ0) is 12.8. The van der Waals surface area contributed by atoms with E-state index in [1.807, 2.05) is 24.3 Å². The fourth-order valence-electron chi connectivity index (χ4n) is 1.89. The summed E-state index contributed by atoms with van der Waals surface area (Å²) in [7, 11) is 0. The topological polar surface area (TPSA) is 50.4 Å². The van der Waals surface area contributed by atoms with Gasteiger partial charge in [-0.15, -0.1) is 0 Å². The molecule has 1 aromatic carbocycles. The lowest BCUT2D eigenvalue weighted by Crippen LogP contribution is -2.34. The Hall–Kier alpha value is -0.910. The van der Waals surface area contributed by atoms with Crippen molar-refractivity contribution >= 4 is 27.5 Å². The molecule has 0 aliphatic carbocycles. The van der Waals surface area contributed by atoms with Crippen LogP contribution >= 0.6 is 15.9 Å². The normalized spacial score (nSPS) is 16.5. The minimum Gasteiger partial charge on any atom is -0.368 e. The van der Waals surface area contributed by atoms with Gasteiger partial charge in [-0.1, -0.05) is 15.9 Å². The maximum absolute atomic E-state index is 11.7. The Kier molecular flexibility index (Phi) is 5.16. The summed E-state index contributed by atoms with van der Waals surface area (Å²) in [6.45, 7) is 2.07. The van der Waals surface area contributed by atoms with Crippen LogP contribution in [0.3, 0.4) is 0 Å². The van der Waals surface area contributed by atoms with Crippen molar-refractivity contribution in [3.05, 3.63) is 28.7 Å². The molecule has 1 amide bonds. The smallest absolute Gasteiger partial charge is 0.250 e. The molecule has 2 rings (SSSR count).